The minimum atomic E-state index is -4.14. The molecule has 0 radical (unpaired) electrons. The Morgan fingerprint density at radius 1 is 0.968 bits per heavy atom. The van der Waals surface area contributed by atoms with Gasteiger partial charge in [-0.1, -0.05) is 18.2 Å². The predicted octanol–water partition coefficient (Wildman–Crippen LogP) is 3.68. The van der Waals surface area contributed by atoms with Crippen LogP contribution < -0.4 is 19.1 Å². The summed E-state index contributed by atoms with van der Waals surface area (Å²) in [6.07, 6.45) is 0. The van der Waals surface area contributed by atoms with Crippen molar-refractivity contribution in [1.29, 1.82) is 0 Å². The second-order valence-electron chi connectivity index (χ2n) is 6.42. The molecule has 3 aromatic carbocycles. The second kappa shape index (κ2) is 9.48. The maximum atomic E-state index is 13.4. The molecule has 0 aromatic heterocycles. The van der Waals surface area contributed by atoms with Crippen LogP contribution in [-0.4, -0.2) is 35.1 Å². The first-order valence-electron chi connectivity index (χ1n) is 9.20. The van der Waals surface area contributed by atoms with Gasteiger partial charge in [-0.05, 0) is 54.6 Å². The van der Waals surface area contributed by atoms with Gasteiger partial charge in [0.15, 0.2) is 0 Å². The summed E-state index contributed by atoms with van der Waals surface area (Å²) in [7, 11) is -1.26. The molecule has 1 amide bonds. The number of benzene rings is 3. The number of ether oxygens (including phenoxy) is 2. The van der Waals surface area contributed by atoms with E-state index in [0.29, 0.717) is 5.75 Å². The van der Waals surface area contributed by atoms with Crippen molar-refractivity contribution in [2.45, 2.75) is 4.90 Å². The van der Waals surface area contributed by atoms with Gasteiger partial charge in [0, 0.05) is 5.69 Å². The third kappa shape index (κ3) is 5.13. The average Bonchev–Trinajstić information content (AvgIpc) is 2.77. The highest BCUT2D eigenvalue weighted by Gasteiger charge is 2.29. The van der Waals surface area contributed by atoms with Crippen molar-refractivity contribution in [2.75, 3.05) is 30.4 Å². The van der Waals surface area contributed by atoms with Gasteiger partial charge in [-0.15, -0.1) is 0 Å². The van der Waals surface area contributed by atoms with E-state index >= 15 is 0 Å². The van der Waals surface area contributed by atoms with Crippen molar-refractivity contribution in [1.82, 2.24) is 0 Å². The van der Waals surface area contributed by atoms with E-state index in [1.807, 2.05) is 0 Å². The average molecular weight is 444 g/mol. The van der Waals surface area contributed by atoms with Crippen LogP contribution in [0.2, 0.25) is 0 Å². The molecule has 0 aliphatic carbocycles. The first-order chi connectivity index (χ1) is 14.8. The van der Waals surface area contributed by atoms with Crippen LogP contribution in [0.3, 0.4) is 0 Å². The Kier molecular flexibility index (Phi) is 6.76. The number of carbonyl (C=O) groups excluding carboxylic acids is 1. The Bertz CT molecular complexity index is 1170. The van der Waals surface area contributed by atoms with Gasteiger partial charge in [0.05, 0.1) is 24.8 Å². The number of hydrogen-bond acceptors (Lipinski definition) is 5. The van der Waals surface area contributed by atoms with Crippen LogP contribution in [0.15, 0.2) is 77.7 Å². The summed E-state index contributed by atoms with van der Waals surface area (Å²) >= 11 is 0. The van der Waals surface area contributed by atoms with Gasteiger partial charge in [-0.25, -0.2) is 12.8 Å². The maximum absolute atomic E-state index is 13.4. The molecule has 9 heteroatoms. The lowest BCUT2D eigenvalue weighted by Gasteiger charge is -2.25. The maximum Gasteiger partial charge on any atom is 0.264 e. The molecule has 0 aliphatic heterocycles. The SMILES string of the molecule is COc1ccc(S(=O)(=O)N(CC(=O)Nc2cccc(F)c2)c2ccccc2OC)cc1. The van der Waals surface area contributed by atoms with Crippen LogP contribution in [0.25, 0.3) is 0 Å². The van der Waals surface area contributed by atoms with Crippen molar-refractivity contribution in [3.8, 4) is 11.5 Å². The van der Waals surface area contributed by atoms with Crippen LogP contribution in [0, 0.1) is 5.82 Å². The zero-order valence-corrected chi connectivity index (χ0v) is 17.7. The summed E-state index contributed by atoms with van der Waals surface area (Å²) < 4.78 is 51.6. The largest absolute Gasteiger partial charge is 0.497 e. The Balaban J connectivity index is 1.99. The third-order valence-electron chi connectivity index (χ3n) is 4.40. The third-order valence-corrected chi connectivity index (χ3v) is 6.17. The molecule has 31 heavy (non-hydrogen) atoms. The molecule has 3 aromatic rings. The lowest BCUT2D eigenvalue weighted by Crippen LogP contribution is -2.38. The van der Waals surface area contributed by atoms with Gasteiger partial charge >= 0.3 is 0 Å². The molecule has 3 rings (SSSR count). The van der Waals surface area contributed by atoms with E-state index in [2.05, 4.69) is 5.32 Å². The number of amides is 1. The molecule has 0 atom stereocenters. The van der Waals surface area contributed by atoms with Crippen LogP contribution >= 0.6 is 0 Å². The lowest BCUT2D eigenvalue weighted by molar-refractivity contribution is -0.114. The van der Waals surface area contributed by atoms with Crippen molar-refractivity contribution in [3.63, 3.8) is 0 Å². The molecule has 1 N–H and O–H groups in total. The van der Waals surface area contributed by atoms with E-state index in [1.165, 1.54) is 62.8 Å². The Labute approximate surface area is 180 Å². The van der Waals surface area contributed by atoms with Crippen molar-refractivity contribution in [3.05, 3.63) is 78.6 Å². The first kappa shape index (κ1) is 22.1. The zero-order chi connectivity index (χ0) is 22.4. The summed E-state index contributed by atoms with van der Waals surface area (Å²) in [5, 5.41) is 2.52. The standard InChI is InChI=1S/C22H21FN2O5S/c1-29-18-10-12-19(13-11-18)31(27,28)25(20-8-3-4-9-21(20)30-2)15-22(26)24-17-7-5-6-16(23)14-17/h3-14H,15H2,1-2H3,(H,24,26). The molecular weight excluding hydrogens is 423 g/mol. The van der Waals surface area contributed by atoms with Crippen molar-refractivity contribution in [2.24, 2.45) is 0 Å². The van der Waals surface area contributed by atoms with E-state index in [1.54, 1.807) is 18.2 Å². The molecule has 0 heterocycles. The highest BCUT2D eigenvalue weighted by Crippen LogP contribution is 2.32. The van der Waals surface area contributed by atoms with E-state index in [9.17, 15) is 17.6 Å². The van der Waals surface area contributed by atoms with Gasteiger partial charge in [0.1, 0.15) is 23.9 Å². The fourth-order valence-electron chi connectivity index (χ4n) is 2.91. The summed E-state index contributed by atoms with van der Waals surface area (Å²) in [6.45, 7) is -0.550. The van der Waals surface area contributed by atoms with Crippen LogP contribution in [0.1, 0.15) is 0 Å². The van der Waals surface area contributed by atoms with Gasteiger partial charge in [-0.3, -0.25) is 9.10 Å². The summed E-state index contributed by atoms with van der Waals surface area (Å²) in [5.74, 6) is -0.399. The molecular formula is C22H21FN2O5S. The number of carbonyl (C=O) groups is 1. The molecule has 0 aliphatic rings. The molecule has 0 spiro atoms. The van der Waals surface area contributed by atoms with Gasteiger partial charge < -0.3 is 14.8 Å². The predicted molar refractivity (Wildman–Crippen MR) is 116 cm³/mol. The molecule has 162 valence electrons. The van der Waals surface area contributed by atoms with E-state index in [4.69, 9.17) is 9.47 Å². The Morgan fingerprint density at radius 3 is 2.32 bits per heavy atom. The molecule has 0 fully saturated rings. The topological polar surface area (TPSA) is 84.9 Å². The first-order valence-corrected chi connectivity index (χ1v) is 10.6. The number of methoxy groups -OCH3 is 2. The lowest BCUT2D eigenvalue weighted by atomic mass is 10.3. The molecule has 0 saturated heterocycles. The van der Waals surface area contributed by atoms with Crippen molar-refractivity contribution >= 4 is 27.3 Å². The van der Waals surface area contributed by atoms with Crippen LogP contribution in [-0.2, 0) is 14.8 Å². The van der Waals surface area contributed by atoms with Gasteiger partial charge in [0.2, 0.25) is 5.91 Å². The minimum Gasteiger partial charge on any atom is -0.497 e. The number of para-hydroxylation sites is 2. The van der Waals surface area contributed by atoms with Gasteiger partial charge in [-0.2, -0.15) is 0 Å². The highest BCUT2D eigenvalue weighted by atomic mass is 32.2. The monoisotopic (exact) mass is 444 g/mol. The van der Waals surface area contributed by atoms with E-state index in [-0.39, 0.29) is 22.0 Å². The number of nitrogens with one attached hydrogen (secondary N) is 1. The van der Waals surface area contributed by atoms with E-state index in [0.717, 1.165) is 10.4 Å². The number of rotatable bonds is 8. The number of hydrogen-bond donors (Lipinski definition) is 1. The molecule has 0 bridgehead atoms. The van der Waals surface area contributed by atoms with Crippen molar-refractivity contribution < 1.29 is 27.1 Å². The zero-order valence-electron chi connectivity index (χ0n) is 16.9. The fraction of sp³-hybridized carbons (Fsp3) is 0.136. The normalized spacial score (nSPS) is 10.9. The summed E-state index contributed by atoms with van der Waals surface area (Å²) in [6, 6.07) is 17.6. The second-order valence-corrected chi connectivity index (χ2v) is 8.28. The quantitative estimate of drug-likeness (QED) is 0.573. The number of halogens is 1. The minimum absolute atomic E-state index is 0.0299. The smallest absolute Gasteiger partial charge is 0.264 e. The van der Waals surface area contributed by atoms with Crippen LogP contribution in [0.5, 0.6) is 11.5 Å². The van der Waals surface area contributed by atoms with E-state index < -0.39 is 28.3 Å². The molecule has 7 nitrogen and oxygen atoms in total. The number of anilines is 2. The number of nitrogens with zero attached hydrogens (tertiary/aromatic N) is 1. The summed E-state index contributed by atoms with van der Waals surface area (Å²) in [5.41, 5.74) is 0.405. The van der Waals surface area contributed by atoms with Crippen LogP contribution in [0.4, 0.5) is 15.8 Å². The Morgan fingerprint density at radius 2 is 1.68 bits per heavy atom. The summed E-state index contributed by atoms with van der Waals surface area (Å²) in [4.78, 5) is 12.7. The Hall–Kier alpha value is -3.59. The molecule has 0 unspecified atom stereocenters. The highest BCUT2D eigenvalue weighted by molar-refractivity contribution is 7.92. The number of sulfonamides is 1. The fourth-order valence-corrected chi connectivity index (χ4v) is 4.34. The van der Waals surface area contributed by atoms with Gasteiger partial charge in [0.25, 0.3) is 10.0 Å². The molecule has 0 saturated carbocycles.